The Morgan fingerprint density at radius 3 is 2.31 bits per heavy atom. The third-order valence-corrected chi connectivity index (χ3v) is 7.25. The van der Waals surface area contributed by atoms with Gasteiger partial charge in [-0.15, -0.1) is 0 Å². The molecule has 0 aromatic heterocycles. The minimum Gasteiger partial charge on any atom is -0.478 e. The zero-order valence-corrected chi connectivity index (χ0v) is 19.3. The fourth-order valence-corrected chi connectivity index (χ4v) is 5.31. The number of halogens is 2. The molecule has 4 rings (SSSR count). The van der Waals surface area contributed by atoms with Gasteiger partial charge >= 0.3 is 5.97 Å². The summed E-state index contributed by atoms with van der Waals surface area (Å²) in [5.41, 5.74) is 5.36. The van der Waals surface area contributed by atoms with Gasteiger partial charge in [-0.2, -0.15) is 0 Å². The zero-order valence-electron chi connectivity index (χ0n) is 19.3. The van der Waals surface area contributed by atoms with Crippen LogP contribution in [0, 0.1) is 23.5 Å². The number of aromatic carboxylic acids is 1. The molecule has 9 heteroatoms. The van der Waals surface area contributed by atoms with Gasteiger partial charge in [-0.3, -0.25) is 9.59 Å². The number of hydrogen-bond acceptors (Lipinski definition) is 4. The quantitative estimate of drug-likeness (QED) is 0.577. The van der Waals surface area contributed by atoms with Gasteiger partial charge in [-0.1, -0.05) is 30.3 Å². The van der Waals surface area contributed by atoms with E-state index in [2.05, 4.69) is 5.32 Å². The highest BCUT2D eigenvalue weighted by molar-refractivity contribution is 5.99. The van der Waals surface area contributed by atoms with Crippen molar-refractivity contribution < 1.29 is 28.3 Å². The Labute approximate surface area is 202 Å². The molecule has 2 aliphatic rings. The number of likely N-dealkylation sites (tertiary alicyclic amines) is 1. The zero-order chi connectivity index (χ0) is 25.1. The Balaban J connectivity index is 1.60. The molecule has 4 N–H and O–H groups in total. The SMILES string of the molecule is NCC1CCC(C(=O)N2CC[C@H](c3ccccc3)[C@H]2C(=O)Nc2cc(F)c(C(=O)O)cc2F)CC1. The number of benzene rings is 2. The fraction of sp³-hybridized carbons (Fsp3) is 0.423. The molecule has 1 aliphatic carbocycles. The Hall–Kier alpha value is -3.33. The first-order chi connectivity index (χ1) is 16.8. The average molecular weight is 486 g/mol. The predicted octanol–water partition coefficient (Wildman–Crippen LogP) is 3.75. The van der Waals surface area contributed by atoms with Crippen molar-refractivity contribution in [3.8, 4) is 0 Å². The fourth-order valence-electron chi connectivity index (χ4n) is 5.31. The van der Waals surface area contributed by atoms with Crippen molar-refractivity contribution in [1.29, 1.82) is 0 Å². The van der Waals surface area contributed by atoms with E-state index in [1.54, 1.807) is 4.90 Å². The van der Waals surface area contributed by atoms with E-state index in [9.17, 15) is 23.2 Å². The first-order valence-corrected chi connectivity index (χ1v) is 11.9. The monoisotopic (exact) mass is 485 g/mol. The normalized spacial score (nSPS) is 24.3. The highest BCUT2D eigenvalue weighted by atomic mass is 19.1. The van der Waals surface area contributed by atoms with Gasteiger partial charge in [0.25, 0.3) is 0 Å². The lowest BCUT2D eigenvalue weighted by Gasteiger charge is -2.33. The van der Waals surface area contributed by atoms with Crippen molar-refractivity contribution in [3.05, 3.63) is 65.2 Å². The van der Waals surface area contributed by atoms with Crippen LogP contribution in [0.4, 0.5) is 14.5 Å². The van der Waals surface area contributed by atoms with Crippen molar-refractivity contribution in [1.82, 2.24) is 4.90 Å². The number of nitrogens with one attached hydrogen (secondary N) is 1. The molecule has 1 saturated heterocycles. The standard InChI is InChI=1S/C26H29F2N3O4/c27-20-13-22(21(28)12-19(20)26(34)35)30-24(32)23-18(16-4-2-1-3-5-16)10-11-31(23)25(33)17-8-6-15(14-29)7-9-17/h1-5,12-13,15,17-18,23H,6-11,14,29H2,(H,30,32)(H,34,35)/t15?,17?,18-,23+/m1/s1. The molecule has 0 radical (unpaired) electrons. The van der Waals surface area contributed by atoms with Gasteiger partial charge < -0.3 is 21.1 Å². The molecule has 2 aromatic rings. The van der Waals surface area contributed by atoms with Crippen molar-refractivity contribution >= 4 is 23.5 Å². The number of carboxylic acid groups (broad SMARTS) is 1. The minimum absolute atomic E-state index is 0.105. The van der Waals surface area contributed by atoms with Crippen LogP contribution in [0.25, 0.3) is 0 Å². The number of carbonyl (C=O) groups is 3. The van der Waals surface area contributed by atoms with Crippen LogP contribution in [0.3, 0.4) is 0 Å². The molecule has 2 atom stereocenters. The van der Waals surface area contributed by atoms with Crippen molar-refractivity contribution in [3.63, 3.8) is 0 Å². The van der Waals surface area contributed by atoms with Crippen LogP contribution in [0.2, 0.25) is 0 Å². The van der Waals surface area contributed by atoms with Gasteiger partial charge in [-0.25, -0.2) is 13.6 Å². The lowest BCUT2D eigenvalue weighted by molar-refractivity contribution is -0.141. The summed E-state index contributed by atoms with van der Waals surface area (Å²) in [5.74, 6) is -4.69. The Morgan fingerprint density at radius 1 is 1.00 bits per heavy atom. The van der Waals surface area contributed by atoms with E-state index in [1.807, 2.05) is 30.3 Å². The van der Waals surface area contributed by atoms with Crippen molar-refractivity contribution in [2.24, 2.45) is 17.6 Å². The molecule has 2 aromatic carbocycles. The average Bonchev–Trinajstić information content (AvgIpc) is 3.31. The highest BCUT2D eigenvalue weighted by Crippen LogP contribution is 2.38. The number of hydrogen-bond donors (Lipinski definition) is 3. The maximum absolute atomic E-state index is 14.5. The summed E-state index contributed by atoms with van der Waals surface area (Å²) in [7, 11) is 0. The molecule has 0 unspecified atom stereocenters. The lowest BCUT2D eigenvalue weighted by Crippen LogP contribution is -2.48. The Bertz CT molecular complexity index is 1100. The second-order valence-corrected chi connectivity index (χ2v) is 9.34. The summed E-state index contributed by atoms with van der Waals surface area (Å²) in [4.78, 5) is 39.6. The van der Waals surface area contributed by atoms with E-state index < -0.39 is 40.8 Å². The highest BCUT2D eigenvalue weighted by Gasteiger charge is 2.44. The smallest absolute Gasteiger partial charge is 0.338 e. The number of carbonyl (C=O) groups excluding carboxylic acids is 2. The van der Waals surface area contributed by atoms with Crippen molar-refractivity contribution in [2.45, 2.75) is 44.1 Å². The van der Waals surface area contributed by atoms with Crippen LogP contribution in [-0.4, -0.2) is 46.9 Å². The van der Waals surface area contributed by atoms with Crippen molar-refractivity contribution in [2.75, 3.05) is 18.4 Å². The van der Waals surface area contributed by atoms with Gasteiger partial charge in [0.05, 0.1) is 11.3 Å². The van der Waals surface area contributed by atoms with E-state index in [0.717, 1.165) is 18.4 Å². The van der Waals surface area contributed by atoms with Crippen LogP contribution in [0.15, 0.2) is 42.5 Å². The molecular formula is C26H29F2N3O4. The van der Waals surface area contributed by atoms with E-state index in [4.69, 9.17) is 10.8 Å². The summed E-state index contributed by atoms with van der Waals surface area (Å²) >= 11 is 0. The molecular weight excluding hydrogens is 456 g/mol. The molecule has 1 saturated carbocycles. The Morgan fingerprint density at radius 2 is 1.69 bits per heavy atom. The van der Waals surface area contributed by atoms with Gasteiger partial charge in [-0.05, 0) is 56.2 Å². The molecule has 1 heterocycles. The molecule has 186 valence electrons. The van der Waals surface area contributed by atoms with E-state index >= 15 is 0 Å². The number of nitrogens with two attached hydrogens (primary N) is 1. The van der Waals surface area contributed by atoms with Gasteiger partial charge in [0.1, 0.15) is 17.7 Å². The van der Waals surface area contributed by atoms with Crippen LogP contribution < -0.4 is 11.1 Å². The second kappa shape index (κ2) is 10.5. The first kappa shape index (κ1) is 24.8. The van der Waals surface area contributed by atoms with E-state index in [1.165, 1.54) is 0 Å². The van der Waals surface area contributed by atoms with Crippen LogP contribution in [0.1, 0.15) is 53.9 Å². The molecule has 0 bridgehead atoms. The van der Waals surface area contributed by atoms with E-state index in [-0.39, 0.29) is 17.7 Å². The maximum Gasteiger partial charge on any atom is 0.338 e. The number of anilines is 1. The van der Waals surface area contributed by atoms with Gasteiger partial charge in [0.15, 0.2) is 0 Å². The van der Waals surface area contributed by atoms with Crippen LogP contribution in [0.5, 0.6) is 0 Å². The summed E-state index contributed by atoms with van der Waals surface area (Å²) in [6.07, 6.45) is 3.69. The van der Waals surface area contributed by atoms with Crippen LogP contribution in [-0.2, 0) is 9.59 Å². The molecule has 35 heavy (non-hydrogen) atoms. The number of nitrogens with zero attached hydrogens (tertiary/aromatic N) is 1. The first-order valence-electron chi connectivity index (χ1n) is 11.9. The number of rotatable bonds is 6. The second-order valence-electron chi connectivity index (χ2n) is 9.34. The molecule has 2 fully saturated rings. The predicted molar refractivity (Wildman–Crippen MR) is 126 cm³/mol. The summed E-state index contributed by atoms with van der Waals surface area (Å²) in [6.45, 7) is 0.969. The largest absolute Gasteiger partial charge is 0.478 e. The molecule has 0 spiro atoms. The molecule has 7 nitrogen and oxygen atoms in total. The third kappa shape index (κ3) is 5.19. The van der Waals surface area contributed by atoms with E-state index in [0.29, 0.717) is 50.4 Å². The summed E-state index contributed by atoms with van der Waals surface area (Å²) in [6, 6.07) is 9.61. The number of amides is 2. The summed E-state index contributed by atoms with van der Waals surface area (Å²) in [5, 5.41) is 11.4. The van der Waals surface area contributed by atoms with Crippen LogP contribution >= 0.6 is 0 Å². The topological polar surface area (TPSA) is 113 Å². The number of carboxylic acids is 1. The molecule has 1 aliphatic heterocycles. The summed E-state index contributed by atoms with van der Waals surface area (Å²) < 4.78 is 28.7. The maximum atomic E-state index is 14.5. The van der Waals surface area contributed by atoms with Gasteiger partial charge in [0, 0.05) is 24.4 Å². The third-order valence-electron chi connectivity index (χ3n) is 7.25. The Kier molecular flexibility index (Phi) is 7.45. The lowest BCUT2D eigenvalue weighted by atomic mass is 9.81. The minimum atomic E-state index is -1.61. The molecule has 2 amide bonds. The van der Waals surface area contributed by atoms with Gasteiger partial charge in [0.2, 0.25) is 11.8 Å².